The Bertz CT molecular complexity index is 962. The van der Waals surface area contributed by atoms with Gasteiger partial charge >= 0.3 is 0 Å². The first-order valence-corrected chi connectivity index (χ1v) is 11.3. The van der Waals surface area contributed by atoms with Crippen LogP contribution in [0, 0.1) is 0 Å². The molecule has 3 aliphatic rings. The van der Waals surface area contributed by atoms with Crippen LogP contribution in [0.1, 0.15) is 74.2 Å². The number of carbonyl (C=O) groups excluding carboxylic acids is 1. The van der Waals surface area contributed by atoms with Crippen LogP contribution in [-0.4, -0.2) is 40.5 Å². The Hall–Kier alpha value is -2.14. The van der Waals surface area contributed by atoms with Gasteiger partial charge in [0.25, 0.3) is 5.91 Å². The zero-order valence-electron chi connectivity index (χ0n) is 17.3. The van der Waals surface area contributed by atoms with Crippen molar-refractivity contribution in [1.29, 1.82) is 0 Å². The van der Waals surface area contributed by atoms with Gasteiger partial charge in [-0.2, -0.15) is 0 Å². The summed E-state index contributed by atoms with van der Waals surface area (Å²) in [5.74, 6) is -0.195. The number of aromatic nitrogens is 1. The highest BCUT2D eigenvalue weighted by molar-refractivity contribution is 5.97. The van der Waals surface area contributed by atoms with Gasteiger partial charge in [0, 0.05) is 35.8 Å². The molecule has 1 amide bonds. The lowest BCUT2D eigenvalue weighted by atomic mass is 9.94. The number of carbonyl (C=O) groups is 1. The molecular weight excluding hydrogens is 362 g/mol. The summed E-state index contributed by atoms with van der Waals surface area (Å²) in [6, 6.07) is 9.43. The molecule has 5 rings (SSSR count). The second-order valence-electron chi connectivity index (χ2n) is 9.28. The molecule has 1 saturated carbocycles. The standard InChI is InChI=1S/C24H31N3O2/c1-26-18-11-12-19(26)14-16(13-18)25-24(29)21-15-27(17-7-3-2-4-8-17)22-10-6-5-9-20(22)23(21)28/h5-6,9-10,15-19H,2-4,7-8,11-14H2,1H3,(H,25,29)/t16-,18+,19-. The molecule has 0 unspecified atom stereocenters. The number of hydrogen-bond acceptors (Lipinski definition) is 3. The number of rotatable bonds is 3. The van der Waals surface area contributed by atoms with Crippen molar-refractivity contribution in [2.75, 3.05) is 7.05 Å². The maximum atomic E-state index is 13.2. The first kappa shape index (κ1) is 18.9. The molecular formula is C24H31N3O2. The summed E-state index contributed by atoms with van der Waals surface area (Å²) >= 11 is 0. The number of amides is 1. The number of benzene rings is 1. The number of fused-ring (bicyclic) bond motifs is 3. The van der Waals surface area contributed by atoms with E-state index in [1.807, 2.05) is 30.5 Å². The molecule has 3 atom stereocenters. The van der Waals surface area contributed by atoms with Gasteiger partial charge in [-0.1, -0.05) is 31.4 Å². The van der Waals surface area contributed by atoms with E-state index in [0.29, 0.717) is 29.1 Å². The highest BCUT2D eigenvalue weighted by atomic mass is 16.2. The lowest BCUT2D eigenvalue weighted by Crippen LogP contribution is -2.49. The van der Waals surface area contributed by atoms with E-state index in [1.165, 1.54) is 32.1 Å². The molecule has 1 N–H and O–H groups in total. The van der Waals surface area contributed by atoms with Gasteiger partial charge in [-0.25, -0.2) is 0 Å². The molecule has 5 heteroatoms. The minimum atomic E-state index is -0.195. The molecule has 154 valence electrons. The van der Waals surface area contributed by atoms with E-state index in [-0.39, 0.29) is 17.4 Å². The summed E-state index contributed by atoms with van der Waals surface area (Å²) in [5.41, 5.74) is 1.12. The van der Waals surface area contributed by atoms with Gasteiger partial charge in [-0.05, 0) is 57.7 Å². The summed E-state index contributed by atoms with van der Waals surface area (Å²) < 4.78 is 2.21. The molecule has 3 heterocycles. The van der Waals surface area contributed by atoms with E-state index >= 15 is 0 Å². The minimum absolute atomic E-state index is 0.138. The maximum Gasteiger partial charge on any atom is 0.256 e. The van der Waals surface area contributed by atoms with Crippen molar-refractivity contribution < 1.29 is 4.79 Å². The molecule has 2 bridgehead atoms. The summed E-state index contributed by atoms with van der Waals surface area (Å²) in [6.45, 7) is 0. The normalized spacial score (nSPS) is 28.0. The minimum Gasteiger partial charge on any atom is -0.349 e. The summed E-state index contributed by atoms with van der Waals surface area (Å²) in [5, 5.41) is 3.87. The fourth-order valence-corrected chi connectivity index (χ4v) is 5.92. The van der Waals surface area contributed by atoms with E-state index in [0.717, 1.165) is 31.2 Å². The van der Waals surface area contributed by atoms with Crippen LogP contribution in [0.5, 0.6) is 0 Å². The molecule has 0 spiro atoms. The van der Waals surface area contributed by atoms with Crippen LogP contribution in [-0.2, 0) is 0 Å². The third-order valence-electron chi connectivity index (χ3n) is 7.59. The molecule has 1 aromatic carbocycles. The zero-order valence-corrected chi connectivity index (χ0v) is 17.3. The van der Waals surface area contributed by atoms with Crippen LogP contribution in [0.15, 0.2) is 35.3 Å². The Morgan fingerprint density at radius 1 is 0.966 bits per heavy atom. The summed E-state index contributed by atoms with van der Waals surface area (Å²) in [4.78, 5) is 28.8. The van der Waals surface area contributed by atoms with Crippen LogP contribution < -0.4 is 10.7 Å². The molecule has 2 aliphatic heterocycles. The maximum absolute atomic E-state index is 13.2. The van der Waals surface area contributed by atoms with Crippen LogP contribution in [0.2, 0.25) is 0 Å². The highest BCUT2D eigenvalue weighted by Gasteiger charge is 2.39. The molecule has 1 aliphatic carbocycles. The lowest BCUT2D eigenvalue weighted by molar-refractivity contribution is 0.0880. The van der Waals surface area contributed by atoms with E-state index < -0.39 is 0 Å². The number of para-hydroxylation sites is 1. The number of piperidine rings is 1. The Balaban J connectivity index is 1.47. The van der Waals surface area contributed by atoms with Crippen LogP contribution in [0.25, 0.3) is 10.9 Å². The molecule has 2 saturated heterocycles. The fraction of sp³-hybridized carbons (Fsp3) is 0.583. The van der Waals surface area contributed by atoms with Gasteiger partial charge in [-0.15, -0.1) is 0 Å². The monoisotopic (exact) mass is 393 g/mol. The highest BCUT2D eigenvalue weighted by Crippen LogP contribution is 2.34. The van der Waals surface area contributed by atoms with Gasteiger partial charge in [0.1, 0.15) is 5.56 Å². The Morgan fingerprint density at radius 3 is 2.38 bits per heavy atom. The fourth-order valence-electron chi connectivity index (χ4n) is 5.92. The largest absolute Gasteiger partial charge is 0.349 e. The number of hydrogen-bond donors (Lipinski definition) is 1. The SMILES string of the molecule is CN1[C@@H]2CC[C@H]1C[C@@H](NC(=O)c1cn(C3CCCCC3)c3ccccc3c1=O)C2. The van der Waals surface area contributed by atoms with Crippen LogP contribution in [0.3, 0.4) is 0 Å². The second kappa shape index (κ2) is 7.60. The number of nitrogens with zero attached hydrogens (tertiary/aromatic N) is 2. The molecule has 3 fully saturated rings. The van der Waals surface area contributed by atoms with Gasteiger partial charge in [-0.3, -0.25) is 9.59 Å². The average molecular weight is 394 g/mol. The molecule has 5 nitrogen and oxygen atoms in total. The van der Waals surface area contributed by atoms with Crippen LogP contribution in [0.4, 0.5) is 0 Å². The Kier molecular flexibility index (Phi) is 4.94. The predicted molar refractivity (Wildman–Crippen MR) is 115 cm³/mol. The number of pyridine rings is 1. The van der Waals surface area contributed by atoms with Crippen molar-refractivity contribution in [2.24, 2.45) is 0 Å². The summed E-state index contributed by atoms with van der Waals surface area (Å²) in [6.07, 6.45) is 12.2. The zero-order chi connectivity index (χ0) is 20.0. The average Bonchev–Trinajstić information content (AvgIpc) is 2.95. The first-order valence-electron chi connectivity index (χ1n) is 11.3. The third-order valence-corrected chi connectivity index (χ3v) is 7.59. The Labute approximate surface area is 172 Å². The third kappa shape index (κ3) is 3.39. The van der Waals surface area contributed by atoms with Crippen molar-refractivity contribution >= 4 is 16.8 Å². The first-order chi connectivity index (χ1) is 14.1. The Morgan fingerprint density at radius 2 is 1.66 bits per heavy atom. The molecule has 29 heavy (non-hydrogen) atoms. The quantitative estimate of drug-likeness (QED) is 0.861. The topological polar surface area (TPSA) is 54.3 Å². The smallest absolute Gasteiger partial charge is 0.256 e. The van der Waals surface area contributed by atoms with E-state index in [2.05, 4.69) is 21.8 Å². The van der Waals surface area contributed by atoms with Gasteiger partial charge in [0.05, 0.1) is 5.52 Å². The molecule has 1 aromatic heterocycles. The van der Waals surface area contributed by atoms with Crippen molar-refractivity contribution in [3.63, 3.8) is 0 Å². The van der Waals surface area contributed by atoms with E-state index in [1.54, 1.807) is 0 Å². The van der Waals surface area contributed by atoms with E-state index in [4.69, 9.17) is 0 Å². The predicted octanol–water partition coefficient (Wildman–Crippen LogP) is 3.86. The molecule has 0 radical (unpaired) electrons. The second-order valence-corrected chi connectivity index (χ2v) is 9.28. The van der Waals surface area contributed by atoms with E-state index in [9.17, 15) is 9.59 Å². The van der Waals surface area contributed by atoms with Crippen molar-refractivity contribution in [3.8, 4) is 0 Å². The summed E-state index contributed by atoms with van der Waals surface area (Å²) in [7, 11) is 2.20. The van der Waals surface area contributed by atoms with Crippen molar-refractivity contribution in [3.05, 3.63) is 46.2 Å². The lowest BCUT2D eigenvalue weighted by Gasteiger charge is -2.36. The van der Waals surface area contributed by atoms with Crippen molar-refractivity contribution in [2.45, 2.75) is 82.0 Å². The van der Waals surface area contributed by atoms with Gasteiger partial charge in [0.15, 0.2) is 0 Å². The molecule has 2 aromatic rings. The van der Waals surface area contributed by atoms with Crippen LogP contribution >= 0.6 is 0 Å². The van der Waals surface area contributed by atoms with Crippen molar-refractivity contribution in [1.82, 2.24) is 14.8 Å². The van der Waals surface area contributed by atoms with Gasteiger partial charge in [0.2, 0.25) is 5.43 Å². The van der Waals surface area contributed by atoms with Gasteiger partial charge < -0.3 is 14.8 Å². The number of nitrogens with one attached hydrogen (secondary N) is 1.